The van der Waals surface area contributed by atoms with Gasteiger partial charge in [0, 0.05) is 18.7 Å². The average molecular weight is 362 g/mol. The molecule has 3 heteroatoms. The minimum Gasteiger partial charge on any atom is -0.507 e. The Morgan fingerprint density at radius 2 is 1.38 bits per heavy atom. The number of ether oxygens (including phenoxy) is 1. The van der Waals surface area contributed by atoms with Crippen LogP contribution < -0.4 is 4.74 Å². The van der Waals surface area contributed by atoms with Crippen molar-refractivity contribution in [1.82, 2.24) is 4.90 Å². The summed E-state index contributed by atoms with van der Waals surface area (Å²) in [4.78, 5) is 2.37. The number of benzene rings is 1. The SMILES string of the molecule is CCCCCCCCCCCCN1COc2c(C)c(C)c(O)c(C)c2C1. The number of unbranched alkanes of at least 4 members (excludes halogenated alkanes) is 9. The summed E-state index contributed by atoms with van der Waals surface area (Å²) in [5.74, 6) is 1.43. The molecule has 1 aromatic rings. The molecule has 3 nitrogen and oxygen atoms in total. The number of phenols is 1. The minimum atomic E-state index is 0.436. The molecule has 0 saturated heterocycles. The van der Waals surface area contributed by atoms with Crippen LogP contribution in [0.25, 0.3) is 0 Å². The lowest BCUT2D eigenvalue weighted by Gasteiger charge is -2.32. The lowest BCUT2D eigenvalue weighted by molar-refractivity contribution is 0.0919. The van der Waals surface area contributed by atoms with Crippen molar-refractivity contribution >= 4 is 0 Å². The van der Waals surface area contributed by atoms with Crippen LogP contribution >= 0.6 is 0 Å². The van der Waals surface area contributed by atoms with Gasteiger partial charge in [0.15, 0.2) is 0 Å². The van der Waals surface area contributed by atoms with Crippen molar-refractivity contribution in [3.05, 3.63) is 22.3 Å². The summed E-state index contributed by atoms with van der Waals surface area (Å²) in [6.07, 6.45) is 13.7. The normalized spacial score (nSPS) is 14.3. The number of aromatic hydroxyl groups is 1. The van der Waals surface area contributed by atoms with E-state index in [4.69, 9.17) is 4.74 Å². The van der Waals surface area contributed by atoms with E-state index in [1.807, 2.05) is 20.8 Å². The number of hydrogen-bond acceptors (Lipinski definition) is 3. The molecule has 0 spiro atoms. The van der Waals surface area contributed by atoms with Gasteiger partial charge in [-0.15, -0.1) is 0 Å². The van der Waals surface area contributed by atoms with Crippen LogP contribution in [0.2, 0.25) is 0 Å². The van der Waals surface area contributed by atoms with E-state index < -0.39 is 0 Å². The van der Waals surface area contributed by atoms with Crippen LogP contribution in [0.4, 0.5) is 0 Å². The van der Waals surface area contributed by atoms with Crippen molar-refractivity contribution < 1.29 is 9.84 Å². The first-order valence-electron chi connectivity index (χ1n) is 10.7. The van der Waals surface area contributed by atoms with Crippen LogP contribution in [0.5, 0.6) is 11.5 Å². The lowest BCUT2D eigenvalue weighted by atomic mass is 9.96. The molecule has 0 bridgehead atoms. The summed E-state index contributed by atoms with van der Waals surface area (Å²) < 4.78 is 6.04. The first-order valence-corrected chi connectivity index (χ1v) is 10.7. The molecule has 148 valence electrons. The Morgan fingerprint density at radius 1 is 0.808 bits per heavy atom. The summed E-state index contributed by atoms with van der Waals surface area (Å²) in [5.41, 5.74) is 4.19. The standard InChI is InChI=1S/C23H39NO2/c1-5-6-7-8-9-10-11-12-13-14-15-24-16-21-20(4)22(25)18(2)19(3)23(21)26-17-24/h25H,5-17H2,1-4H3. The summed E-state index contributed by atoms with van der Waals surface area (Å²) >= 11 is 0. The molecular weight excluding hydrogens is 322 g/mol. The largest absolute Gasteiger partial charge is 0.507 e. The van der Waals surface area contributed by atoms with Crippen molar-refractivity contribution in [3.63, 3.8) is 0 Å². The highest BCUT2D eigenvalue weighted by molar-refractivity contribution is 5.57. The molecule has 0 atom stereocenters. The lowest BCUT2D eigenvalue weighted by Crippen LogP contribution is -2.33. The van der Waals surface area contributed by atoms with E-state index in [1.165, 1.54) is 69.8 Å². The van der Waals surface area contributed by atoms with Gasteiger partial charge in [0.25, 0.3) is 0 Å². The Morgan fingerprint density at radius 3 is 2.00 bits per heavy atom. The van der Waals surface area contributed by atoms with Gasteiger partial charge in [-0.1, -0.05) is 64.7 Å². The van der Waals surface area contributed by atoms with E-state index in [0.29, 0.717) is 12.5 Å². The number of nitrogens with zero attached hydrogens (tertiary/aromatic N) is 1. The molecule has 1 N–H and O–H groups in total. The van der Waals surface area contributed by atoms with E-state index in [0.717, 1.165) is 35.5 Å². The third-order valence-electron chi connectivity index (χ3n) is 5.94. The van der Waals surface area contributed by atoms with Gasteiger partial charge in [-0.3, -0.25) is 4.90 Å². The number of rotatable bonds is 11. The molecule has 0 saturated carbocycles. The van der Waals surface area contributed by atoms with Gasteiger partial charge in [-0.2, -0.15) is 0 Å². The molecule has 1 aliphatic rings. The fourth-order valence-corrected chi connectivity index (χ4v) is 3.95. The quantitative estimate of drug-likeness (QED) is 0.463. The topological polar surface area (TPSA) is 32.7 Å². The summed E-state index contributed by atoms with van der Waals surface area (Å²) in [6.45, 7) is 11.0. The first-order chi connectivity index (χ1) is 12.6. The zero-order chi connectivity index (χ0) is 18.9. The molecule has 1 aromatic carbocycles. The van der Waals surface area contributed by atoms with Gasteiger partial charge in [0.2, 0.25) is 0 Å². The van der Waals surface area contributed by atoms with Crippen molar-refractivity contribution in [3.8, 4) is 11.5 Å². The molecule has 26 heavy (non-hydrogen) atoms. The molecule has 0 unspecified atom stereocenters. The van der Waals surface area contributed by atoms with E-state index in [9.17, 15) is 5.11 Å². The Kier molecular flexibility index (Phi) is 8.77. The van der Waals surface area contributed by atoms with Gasteiger partial charge in [-0.05, 0) is 43.9 Å². The highest BCUT2D eigenvalue weighted by Crippen LogP contribution is 2.39. The maximum Gasteiger partial charge on any atom is 0.142 e. The summed E-state index contributed by atoms with van der Waals surface area (Å²) in [5, 5.41) is 10.3. The minimum absolute atomic E-state index is 0.436. The Hall–Kier alpha value is -1.22. The fraction of sp³-hybridized carbons (Fsp3) is 0.739. The molecule has 0 aliphatic carbocycles. The maximum atomic E-state index is 10.3. The highest BCUT2D eigenvalue weighted by atomic mass is 16.5. The average Bonchev–Trinajstić information content (AvgIpc) is 2.66. The second kappa shape index (κ2) is 10.8. The summed E-state index contributed by atoms with van der Waals surface area (Å²) in [7, 11) is 0. The third kappa shape index (κ3) is 5.64. The first kappa shape index (κ1) is 21.1. The van der Waals surface area contributed by atoms with E-state index >= 15 is 0 Å². The Bertz CT molecular complexity index is 568. The zero-order valence-electron chi connectivity index (χ0n) is 17.5. The monoisotopic (exact) mass is 361 g/mol. The van der Waals surface area contributed by atoms with E-state index in [-0.39, 0.29) is 0 Å². The highest BCUT2D eigenvalue weighted by Gasteiger charge is 2.24. The van der Waals surface area contributed by atoms with E-state index in [2.05, 4.69) is 11.8 Å². The molecule has 0 fully saturated rings. The van der Waals surface area contributed by atoms with Crippen LogP contribution in [0.3, 0.4) is 0 Å². The van der Waals surface area contributed by atoms with Crippen LogP contribution in [-0.4, -0.2) is 23.3 Å². The van der Waals surface area contributed by atoms with Gasteiger partial charge < -0.3 is 9.84 Å². The number of fused-ring (bicyclic) bond motifs is 1. The second-order valence-corrected chi connectivity index (χ2v) is 8.04. The fourth-order valence-electron chi connectivity index (χ4n) is 3.95. The zero-order valence-corrected chi connectivity index (χ0v) is 17.5. The predicted octanol–water partition coefficient (Wildman–Crippen LogP) is 6.39. The molecule has 1 aliphatic heterocycles. The molecule has 0 amide bonds. The van der Waals surface area contributed by atoms with Gasteiger partial charge >= 0.3 is 0 Å². The molecule has 0 aromatic heterocycles. The molecule has 0 radical (unpaired) electrons. The third-order valence-corrected chi connectivity index (χ3v) is 5.94. The van der Waals surface area contributed by atoms with Crippen molar-refractivity contribution in [2.45, 2.75) is 98.4 Å². The molecular formula is C23H39NO2. The number of phenolic OH excluding ortho intramolecular Hbond substituents is 1. The van der Waals surface area contributed by atoms with Crippen LogP contribution in [0.15, 0.2) is 0 Å². The van der Waals surface area contributed by atoms with Crippen LogP contribution in [0, 0.1) is 20.8 Å². The second-order valence-electron chi connectivity index (χ2n) is 8.04. The summed E-state index contributed by atoms with van der Waals surface area (Å²) in [6, 6.07) is 0. The van der Waals surface area contributed by atoms with Crippen molar-refractivity contribution in [2.75, 3.05) is 13.3 Å². The predicted molar refractivity (Wildman–Crippen MR) is 110 cm³/mol. The van der Waals surface area contributed by atoms with Crippen LogP contribution in [-0.2, 0) is 6.54 Å². The van der Waals surface area contributed by atoms with Crippen molar-refractivity contribution in [2.24, 2.45) is 0 Å². The van der Waals surface area contributed by atoms with Gasteiger partial charge in [0.05, 0.1) is 0 Å². The number of hydrogen-bond donors (Lipinski definition) is 1. The Balaban J connectivity index is 1.66. The maximum absolute atomic E-state index is 10.3. The van der Waals surface area contributed by atoms with Crippen molar-refractivity contribution in [1.29, 1.82) is 0 Å². The van der Waals surface area contributed by atoms with Crippen LogP contribution in [0.1, 0.15) is 93.4 Å². The smallest absolute Gasteiger partial charge is 0.142 e. The Labute approximate surface area is 160 Å². The molecule has 1 heterocycles. The van der Waals surface area contributed by atoms with Gasteiger partial charge in [-0.25, -0.2) is 0 Å². The van der Waals surface area contributed by atoms with E-state index in [1.54, 1.807) is 0 Å². The van der Waals surface area contributed by atoms with Gasteiger partial charge in [0.1, 0.15) is 18.2 Å². The molecule has 2 rings (SSSR count).